The number of benzene rings is 1. The molecule has 0 amide bonds. The van der Waals surface area contributed by atoms with Crippen molar-refractivity contribution in [2.45, 2.75) is 40.7 Å². The topological polar surface area (TPSA) is 61.0 Å². The molecule has 0 bridgehead atoms. The SMILES string of the molecule is Cc1nc(C)c(N)c(-c2ccc(OC(C)C)c(C)c2)n1. The highest BCUT2D eigenvalue weighted by molar-refractivity contribution is 5.74. The van der Waals surface area contributed by atoms with Crippen molar-refractivity contribution >= 4 is 5.69 Å². The van der Waals surface area contributed by atoms with Gasteiger partial charge in [-0.1, -0.05) is 0 Å². The summed E-state index contributed by atoms with van der Waals surface area (Å²) in [5.74, 6) is 1.62. The van der Waals surface area contributed by atoms with Crippen LogP contribution in [0.1, 0.15) is 30.9 Å². The average molecular weight is 271 g/mol. The van der Waals surface area contributed by atoms with Crippen LogP contribution in [0.4, 0.5) is 5.69 Å². The fourth-order valence-corrected chi connectivity index (χ4v) is 2.12. The third-order valence-corrected chi connectivity index (χ3v) is 3.06. The Morgan fingerprint density at radius 2 is 1.80 bits per heavy atom. The summed E-state index contributed by atoms with van der Waals surface area (Å²) in [5.41, 5.74) is 10.4. The zero-order chi connectivity index (χ0) is 14.9. The first-order valence-corrected chi connectivity index (χ1v) is 6.77. The van der Waals surface area contributed by atoms with Gasteiger partial charge in [0.15, 0.2) is 0 Å². The molecule has 0 atom stereocenters. The molecule has 0 fully saturated rings. The van der Waals surface area contributed by atoms with Crippen molar-refractivity contribution in [3.8, 4) is 17.0 Å². The molecule has 0 aliphatic carbocycles. The van der Waals surface area contributed by atoms with Gasteiger partial charge in [-0.15, -0.1) is 0 Å². The van der Waals surface area contributed by atoms with Gasteiger partial charge in [0.05, 0.1) is 23.2 Å². The Morgan fingerprint density at radius 1 is 1.10 bits per heavy atom. The number of rotatable bonds is 3. The normalized spacial score (nSPS) is 10.9. The molecule has 0 spiro atoms. The Hall–Kier alpha value is -2.10. The van der Waals surface area contributed by atoms with Gasteiger partial charge in [-0.25, -0.2) is 9.97 Å². The van der Waals surface area contributed by atoms with Crippen molar-refractivity contribution in [2.75, 3.05) is 5.73 Å². The zero-order valence-corrected chi connectivity index (χ0v) is 12.7. The molecule has 2 rings (SSSR count). The van der Waals surface area contributed by atoms with E-state index in [1.54, 1.807) is 0 Å². The molecule has 0 radical (unpaired) electrons. The second-order valence-electron chi connectivity index (χ2n) is 5.27. The Bertz CT molecular complexity index is 636. The van der Waals surface area contributed by atoms with Crippen LogP contribution in [-0.4, -0.2) is 16.1 Å². The summed E-state index contributed by atoms with van der Waals surface area (Å²) in [7, 11) is 0. The zero-order valence-electron chi connectivity index (χ0n) is 12.7. The quantitative estimate of drug-likeness (QED) is 0.929. The summed E-state index contributed by atoms with van der Waals surface area (Å²) in [6.07, 6.45) is 0.160. The molecule has 2 aromatic rings. The minimum Gasteiger partial charge on any atom is -0.491 e. The average Bonchev–Trinajstić information content (AvgIpc) is 2.36. The lowest BCUT2D eigenvalue weighted by atomic mass is 10.1. The molecular formula is C16H21N3O. The maximum absolute atomic E-state index is 6.10. The first kappa shape index (κ1) is 14.3. The monoisotopic (exact) mass is 271 g/mol. The van der Waals surface area contributed by atoms with Crippen molar-refractivity contribution < 1.29 is 4.74 Å². The predicted molar refractivity (Wildman–Crippen MR) is 81.9 cm³/mol. The number of hydrogen-bond acceptors (Lipinski definition) is 4. The van der Waals surface area contributed by atoms with Crippen LogP contribution >= 0.6 is 0 Å². The first-order chi connectivity index (χ1) is 9.38. The number of aromatic nitrogens is 2. The summed E-state index contributed by atoms with van der Waals surface area (Å²) in [5, 5.41) is 0. The summed E-state index contributed by atoms with van der Waals surface area (Å²) in [6.45, 7) is 9.83. The number of hydrogen-bond donors (Lipinski definition) is 1. The van der Waals surface area contributed by atoms with Crippen molar-refractivity contribution in [3.63, 3.8) is 0 Å². The van der Waals surface area contributed by atoms with Crippen LogP contribution in [0, 0.1) is 20.8 Å². The molecule has 0 saturated carbocycles. The highest BCUT2D eigenvalue weighted by Crippen LogP contribution is 2.30. The van der Waals surface area contributed by atoms with Crippen LogP contribution in [0.25, 0.3) is 11.3 Å². The Balaban J connectivity index is 2.47. The molecule has 106 valence electrons. The molecule has 20 heavy (non-hydrogen) atoms. The van der Waals surface area contributed by atoms with Crippen molar-refractivity contribution in [2.24, 2.45) is 0 Å². The summed E-state index contributed by atoms with van der Waals surface area (Å²) >= 11 is 0. The van der Waals surface area contributed by atoms with Gasteiger partial charge in [-0.3, -0.25) is 0 Å². The van der Waals surface area contributed by atoms with Crippen LogP contribution in [0.5, 0.6) is 5.75 Å². The van der Waals surface area contributed by atoms with Crippen LogP contribution in [0.2, 0.25) is 0 Å². The number of ether oxygens (including phenoxy) is 1. The van der Waals surface area contributed by atoms with E-state index in [-0.39, 0.29) is 6.10 Å². The number of nitrogen functional groups attached to an aromatic ring is 1. The molecule has 0 unspecified atom stereocenters. The Kier molecular flexibility index (Phi) is 3.93. The maximum atomic E-state index is 6.10. The van der Waals surface area contributed by atoms with Gasteiger partial charge in [-0.05, 0) is 58.4 Å². The second kappa shape index (κ2) is 5.49. The van der Waals surface area contributed by atoms with Crippen LogP contribution in [0.15, 0.2) is 18.2 Å². The molecular weight excluding hydrogens is 250 g/mol. The molecule has 1 heterocycles. The van der Waals surface area contributed by atoms with Crippen LogP contribution in [0.3, 0.4) is 0 Å². The molecule has 0 aliphatic heterocycles. The van der Waals surface area contributed by atoms with E-state index in [2.05, 4.69) is 16.0 Å². The van der Waals surface area contributed by atoms with Gasteiger partial charge < -0.3 is 10.5 Å². The van der Waals surface area contributed by atoms with Crippen LogP contribution in [-0.2, 0) is 0 Å². The maximum Gasteiger partial charge on any atom is 0.126 e. The number of nitrogens with zero attached hydrogens (tertiary/aromatic N) is 2. The van der Waals surface area contributed by atoms with Crippen molar-refractivity contribution in [1.82, 2.24) is 9.97 Å². The van der Waals surface area contributed by atoms with E-state index in [4.69, 9.17) is 10.5 Å². The van der Waals surface area contributed by atoms with Crippen LogP contribution < -0.4 is 10.5 Å². The molecule has 2 N–H and O–H groups in total. The highest BCUT2D eigenvalue weighted by Gasteiger charge is 2.11. The fraction of sp³-hybridized carbons (Fsp3) is 0.375. The minimum atomic E-state index is 0.160. The predicted octanol–water partition coefficient (Wildman–Crippen LogP) is 3.44. The summed E-state index contributed by atoms with van der Waals surface area (Å²) in [6, 6.07) is 6.01. The van der Waals surface area contributed by atoms with Gasteiger partial charge in [0.2, 0.25) is 0 Å². The molecule has 4 heteroatoms. The highest BCUT2D eigenvalue weighted by atomic mass is 16.5. The lowest BCUT2D eigenvalue weighted by Gasteiger charge is -2.14. The number of nitrogens with two attached hydrogens (primary N) is 1. The molecule has 1 aromatic carbocycles. The Morgan fingerprint density at radius 3 is 2.40 bits per heavy atom. The standard InChI is InChI=1S/C16H21N3O/c1-9(2)20-14-7-6-13(8-10(14)3)16-15(17)11(4)18-12(5)19-16/h6-9H,17H2,1-5H3. The van der Waals surface area contributed by atoms with Gasteiger partial charge in [0.25, 0.3) is 0 Å². The first-order valence-electron chi connectivity index (χ1n) is 6.77. The van der Waals surface area contributed by atoms with E-state index in [1.165, 1.54) is 0 Å². The van der Waals surface area contributed by atoms with E-state index in [0.29, 0.717) is 5.69 Å². The lowest BCUT2D eigenvalue weighted by molar-refractivity contribution is 0.241. The van der Waals surface area contributed by atoms with Gasteiger partial charge in [0, 0.05) is 5.56 Å². The molecule has 0 saturated heterocycles. The van der Waals surface area contributed by atoms with Crippen molar-refractivity contribution in [1.29, 1.82) is 0 Å². The third-order valence-electron chi connectivity index (χ3n) is 3.06. The molecule has 0 aliphatic rings. The third kappa shape index (κ3) is 2.90. The van der Waals surface area contributed by atoms with Gasteiger partial charge in [0.1, 0.15) is 11.6 Å². The van der Waals surface area contributed by atoms with E-state index < -0.39 is 0 Å². The smallest absolute Gasteiger partial charge is 0.126 e. The number of aryl methyl sites for hydroxylation is 3. The van der Waals surface area contributed by atoms with E-state index >= 15 is 0 Å². The largest absolute Gasteiger partial charge is 0.491 e. The van der Waals surface area contributed by atoms with E-state index in [0.717, 1.165) is 34.1 Å². The van der Waals surface area contributed by atoms with E-state index in [1.807, 2.05) is 46.8 Å². The minimum absolute atomic E-state index is 0.160. The fourth-order valence-electron chi connectivity index (χ4n) is 2.12. The van der Waals surface area contributed by atoms with Gasteiger partial charge >= 0.3 is 0 Å². The van der Waals surface area contributed by atoms with E-state index in [9.17, 15) is 0 Å². The Labute approximate surface area is 120 Å². The van der Waals surface area contributed by atoms with Gasteiger partial charge in [-0.2, -0.15) is 0 Å². The molecule has 4 nitrogen and oxygen atoms in total. The summed E-state index contributed by atoms with van der Waals surface area (Å²) in [4.78, 5) is 8.74. The summed E-state index contributed by atoms with van der Waals surface area (Å²) < 4.78 is 5.75. The lowest BCUT2D eigenvalue weighted by Crippen LogP contribution is -2.07. The van der Waals surface area contributed by atoms with Crippen molar-refractivity contribution in [3.05, 3.63) is 35.3 Å². The molecule has 1 aromatic heterocycles. The number of anilines is 1. The second-order valence-corrected chi connectivity index (χ2v) is 5.27.